The Morgan fingerprint density at radius 2 is 1.18 bits per heavy atom. The highest BCUT2D eigenvalue weighted by atomic mass is 79.9. The average molecular weight is 618 g/mol. The summed E-state index contributed by atoms with van der Waals surface area (Å²) >= 11 is 3.50. The molecule has 2 saturated heterocycles. The molecule has 2 amide bonds. The van der Waals surface area contributed by atoms with Crippen LogP contribution in [0.1, 0.15) is 62.7 Å². The number of halogens is 1. The van der Waals surface area contributed by atoms with Gasteiger partial charge in [-0.3, -0.25) is 9.59 Å². The van der Waals surface area contributed by atoms with Crippen LogP contribution >= 0.6 is 15.9 Å². The molecular weight excluding hydrogens is 572 g/mol. The van der Waals surface area contributed by atoms with Gasteiger partial charge in [0.25, 0.3) is 0 Å². The van der Waals surface area contributed by atoms with Crippen LogP contribution in [0.4, 0.5) is 0 Å². The van der Waals surface area contributed by atoms with Crippen LogP contribution in [0.25, 0.3) is 0 Å². The molecule has 4 rings (SSSR count). The number of nitrogens with zero attached hydrogens (tertiary/aromatic N) is 2. The monoisotopic (exact) mass is 616 g/mol. The number of likely N-dealkylation sites (tertiary alicyclic amines) is 2. The van der Waals surface area contributed by atoms with Crippen LogP contribution in [0.15, 0.2) is 60.7 Å². The number of hydrogen-bond acceptors (Lipinski definition) is 5. The lowest BCUT2D eigenvalue weighted by Crippen LogP contribution is -2.34. The zero-order chi connectivity index (χ0) is 29.2. The highest BCUT2D eigenvalue weighted by Gasteiger charge is 2.45. The van der Waals surface area contributed by atoms with Crippen molar-refractivity contribution < 1.29 is 24.2 Å². The fourth-order valence-corrected chi connectivity index (χ4v) is 6.95. The molecule has 2 aromatic rings. The highest BCUT2D eigenvalue weighted by molar-refractivity contribution is 9.09. The number of benzene rings is 2. The smallest absolute Gasteiger partial charge is 0.223 e. The number of aliphatic hydroxyl groups excluding tert-OH is 1. The van der Waals surface area contributed by atoms with Gasteiger partial charge in [-0.1, -0.05) is 76.6 Å². The Bertz CT molecular complexity index is 970. The quantitative estimate of drug-likeness (QED) is 0.323. The van der Waals surface area contributed by atoms with E-state index in [0.29, 0.717) is 39.0 Å². The third-order valence-corrected chi connectivity index (χ3v) is 8.77. The van der Waals surface area contributed by atoms with Crippen molar-refractivity contribution >= 4 is 27.7 Å². The molecule has 0 saturated carbocycles. The number of alkyl halides is 1. The summed E-state index contributed by atoms with van der Waals surface area (Å²) in [5.41, 5.74) is 2.04. The zero-order valence-corrected chi connectivity index (χ0v) is 25.9. The van der Waals surface area contributed by atoms with Crippen LogP contribution in [0.3, 0.4) is 0 Å². The fraction of sp³-hybridized carbons (Fsp3) is 0.562. The van der Waals surface area contributed by atoms with Gasteiger partial charge in [0, 0.05) is 62.9 Å². The van der Waals surface area contributed by atoms with E-state index in [1.165, 1.54) is 5.56 Å². The number of amides is 2. The molecule has 0 bridgehead atoms. The number of carbonyl (C=O) groups excluding carboxylic acids is 2. The SMILES string of the molecule is COC[C@]1(CCBr)CC(=O)N([C@H](C)c2ccccc2)C1.COC[C@]1(CCO)CC(=O)N([C@H](C)c2ccccc2)C1. The Hall–Kier alpha value is -2.26. The summed E-state index contributed by atoms with van der Waals surface area (Å²) in [6, 6.07) is 20.4. The molecule has 220 valence electrons. The van der Waals surface area contributed by atoms with Crippen LogP contribution in [0.5, 0.6) is 0 Å². The van der Waals surface area contributed by atoms with E-state index < -0.39 is 0 Å². The number of aliphatic hydroxyl groups is 1. The molecule has 8 heteroatoms. The van der Waals surface area contributed by atoms with Gasteiger partial charge in [0.2, 0.25) is 11.8 Å². The first-order valence-electron chi connectivity index (χ1n) is 14.1. The van der Waals surface area contributed by atoms with E-state index in [9.17, 15) is 14.7 Å². The first-order chi connectivity index (χ1) is 19.2. The average Bonchev–Trinajstić information content (AvgIpc) is 3.45. The summed E-state index contributed by atoms with van der Waals surface area (Å²) < 4.78 is 10.6. The predicted octanol–water partition coefficient (Wildman–Crippen LogP) is 5.39. The van der Waals surface area contributed by atoms with Crippen molar-refractivity contribution in [2.45, 2.75) is 51.6 Å². The molecular formula is C32H45BrN2O5. The molecule has 1 N–H and O–H groups in total. The minimum atomic E-state index is -0.246. The Labute approximate surface area is 248 Å². The van der Waals surface area contributed by atoms with Gasteiger partial charge in [-0.25, -0.2) is 0 Å². The molecule has 2 aliphatic heterocycles. The lowest BCUT2D eigenvalue weighted by molar-refractivity contribution is -0.130. The first kappa shape index (κ1) is 32.3. The summed E-state index contributed by atoms with van der Waals surface area (Å²) in [5, 5.41) is 10.2. The normalized spacial score (nSPS) is 24.1. The van der Waals surface area contributed by atoms with E-state index in [1.54, 1.807) is 14.2 Å². The van der Waals surface area contributed by atoms with Crippen molar-refractivity contribution in [1.29, 1.82) is 0 Å². The Morgan fingerprint density at radius 1 is 0.775 bits per heavy atom. The number of carbonyl (C=O) groups is 2. The molecule has 0 aliphatic carbocycles. The summed E-state index contributed by atoms with van der Waals surface area (Å²) in [6.45, 7) is 6.82. The molecule has 2 heterocycles. The molecule has 0 unspecified atom stereocenters. The van der Waals surface area contributed by atoms with Crippen LogP contribution in [-0.4, -0.2) is 79.2 Å². The van der Waals surface area contributed by atoms with Crippen molar-refractivity contribution in [3.8, 4) is 0 Å². The largest absolute Gasteiger partial charge is 0.396 e. The van der Waals surface area contributed by atoms with Crippen LogP contribution < -0.4 is 0 Å². The van der Waals surface area contributed by atoms with Crippen LogP contribution in [0, 0.1) is 10.8 Å². The van der Waals surface area contributed by atoms with Gasteiger partial charge >= 0.3 is 0 Å². The van der Waals surface area contributed by atoms with Gasteiger partial charge in [0.1, 0.15) is 0 Å². The maximum atomic E-state index is 12.4. The second-order valence-electron chi connectivity index (χ2n) is 11.3. The Morgan fingerprint density at radius 3 is 1.52 bits per heavy atom. The van der Waals surface area contributed by atoms with Gasteiger partial charge in [-0.15, -0.1) is 0 Å². The van der Waals surface area contributed by atoms with E-state index in [4.69, 9.17) is 9.47 Å². The third kappa shape index (κ3) is 7.93. The van der Waals surface area contributed by atoms with Crippen molar-refractivity contribution in [3.05, 3.63) is 71.8 Å². The van der Waals surface area contributed by atoms with Gasteiger partial charge in [-0.05, 0) is 37.8 Å². The number of rotatable bonds is 12. The summed E-state index contributed by atoms with van der Waals surface area (Å²) in [5.74, 6) is 0.381. The topological polar surface area (TPSA) is 79.3 Å². The van der Waals surface area contributed by atoms with Crippen molar-refractivity contribution in [1.82, 2.24) is 9.80 Å². The van der Waals surface area contributed by atoms with E-state index in [0.717, 1.165) is 23.9 Å². The number of hydrogen-bond donors (Lipinski definition) is 1. The second-order valence-corrected chi connectivity index (χ2v) is 12.1. The third-order valence-electron chi connectivity index (χ3n) is 8.37. The molecule has 0 aromatic heterocycles. The van der Waals surface area contributed by atoms with Crippen molar-refractivity contribution in [2.24, 2.45) is 10.8 Å². The first-order valence-corrected chi connectivity index (χ1v) is 15.2. The van der Waals surface area contributed by atoms with E-state index in [2.05, 4.69) is 41.9 Å². The maximum Gasteiger partial charge on any atom is 0.223 e. The van der Waals surface area contributed by atoms with Crippen molar-refractivity contribution in [3.63, 3.8) is 0 Å². The Kier molecular flexibility index (Phi) is 12.2. The molecule has 2 aromatic carbocycles. The summed E-state index contributed by atoms with van der Waals surface area (Å²) in [6.07, 6.45) is 2.61. The van der Waals surface area contributed by atoms with E-state index >= 15 is 0 Å². The van der Waals surface area contributed by atoms with Gasteiger partial charge < -0.3 is 24.4 Å². The highest BCUT2D eigenvalue weighted by Crippen LogP contribution is 2.40. The van der Waals surface area contributed by atoms with Crippen molar-refractivity contribution in [2.75, 3.05) is 52.5 Å². The fourth-order valence-electron chi connectivity index (χ4n) is 6.11. The summed E-state index contributed by atoms with van der Waals surface area (Å²) in [4.78, 5) is 28.7. The lowest BCUT2D eigenvalue weighted by atomic mass is 9.84. The molecule has 0 spiro atoms. The van der Waals surface area contributed by atoms with Gasteiger partial charge in [0.05, 0.1) is 25.3 Å². The number of ether oxygens (including phenoxy) is 2. The van der Waals surface area contributed by atoms with Crippen LogP contribution in [0.2, 0.25) is 0 Å². The predicted molar refractivity (Wildman–Crippen MR) is 161 cm³/mol. The molecule has 2 fully saturated rings. The Balaban J connectivity index is 0.000000220. The zero-order valence-electron chi connectivity index (χ0n) is 24.4. The molecule has 0 radical (unpaired) electrons. The lowest BCUT2D eigenvalue weighted by Gasteiger charge is -2.30. The van der Waals surface area contributed by atoms with Crippen LogP contribution in [-0.2, 0) is 19.1 Å². The maximum absolute atomic E-state index is 12.4. The minimum Gasteiger partial charge on any atom is -0.396 e. The summed E-state index contributed by atoms with van der Waals surface area (Å²) in [7, 11) is 3.36. The van der Waals surface area contributed by atoms with Gasteiger partial charge in [-0.2, -0.15) is 0 Å². The van der Waals surface area contributed by atoms with E-state index in [-0.39, 0.29) is 41.3 Å². The second kappa shape index (κ2) is 15.1. The van der Waals surface area contributed by atoms with Gasteiger partial charge in [0.15, 0.2) is 0 Å². The van der Waals surface area contributed by atoms with E-state index in [1.807, 2.05) is 58.3 Å². The molecule has 40 heavy (non-hydrogen) atoms. The molecule has 7 nitrogen and oxygen atoms in total. The number of methoxy groups -OCH3 is 2. The minimum absolute atomic E-state index is 0.0433. The standard InChI is InChI=1S/C16H22BrNO2.C16H23NO3/c1-13(14-6-4-3-5-7-14)18-11-16(8-9-17,12-20-2)10-15(18)19;1-13(14-6-4-3-5-7-14)17-11-16(8-9-18,12-20-2)10-15(17)19/h3-7,13H,8-12H2,1-2H3;3-7,13,18H,8-12H2,1-2H3/t2*13-,16-/m11/s1. The molecule has 2 aliphatic rings. The molecule has 4 atom stereocenters.